The molecule has 0 spiro atoms. The van der Waals surface area contributed by atoms with Crippen LogP contribution in [0.15, 0.2) is 72.8 Å². The lowest BCUT2D eigenvalue weighted by molar-refractivity contribution is -0.123. The molecule has 7 heteroatoms. The summed E-state index contributed by atoms with van der Waals surface area (Å²) in [5, 5.41) is 0.600. The molecule has 0 saturated carbocycles. The van der Waals surface area contributed by atoms with Crippen molar-refractivity contribution in [3.63, 3.8) is 0 Å². The number of rotatable bonds is 5. The lowest BCUT2D eigenvalue weighted by atomic mass is 10.1. The van der Waals surface area contributed by atoms with Gasteiger partial charge in [0.15, 0.2) is 6.61 Å². The van der Waals surface area contributed by atoms with Gasteiger partial charge < -0.3 is 4.74 Å². The van der Waals surface area contributed by atoms with Crippen molar-refractivity contribution in [2.24, 2.45) is 0 Å². The zero-order valence-corrected chi connectivity index (χ0v) is 16.1. The van der Waals surface area contributed by atoms with Gasteiger partial charge in [0, 0.05) is 10.6 Å². The average molecular weight is 415 g/mol. The maximum atomic E-state index is 12.1. The van der Waals surface area contributed by atoms with Gasteiger partial charge in [0.1, 0.15) is 5.75 Å². The molecule has 0 unspecified atom stereocenters. The van der Waals surface area contributed by atoms with Gasteiger partial charge in [-0.25, -0.2) is 0 Å². The van der Waals surface area contributed by atoms with Crippen molar-refractivity contribution < 1.29 is 14.3 Å². The standard InChI is InChI=1S/C21H16Cl2N2O3/c22-15-10-11-17(18(23)12-15)21(27)25-24-20(26)13-28-19-9-5-4-8-16(19)14-6-2-1-3-7-14/h1-12H,13H2,(H,24,26)(H,25,27). The molecule has 0 saturated heterocycles. The number of benzene rings is 3. The second-order valence-electron chi connectivity index (χ2n) is 5.78. The Labute approximate surface area is 172 Å². The highest BCUT2D eigenvalue weighted by Gasteiger charge is 2.13. The van der Waals surface area contributed by atoms with Crippen molar-refractivity contribution in [1.82, 2.24) is 10.9 Å². The van der Waals surface area contributed by atoms with E-state index in [1.807, 2.05) is 48.5 Å². The van der Waals surface area contributed by atoms with Gasteiger partial charge in [-0.3, -0.25) is 20.4 Å². The number of hydrazine groups is 1. The van der Waals surface area contributed by atoms with E-state index in [0.717, 1.165) is 11.1 Å². The Hall–Kier alpha value is -3.02. The topological polar surface area (TPSA) is 67.4 Å². The summed E-state index contributed by atoms with van der Waals surface area (Å²) in [4.78, 5) is 24.1. The smallest absolute Gasteiger partial charge is 0.276 e. The number of ether oxygens (including phenoxy) is 1. The molecule has 142 valence electrons. The molecular weight excluding hydrogens is 399 g/mol. The Kier molecular flexibility index (Phi) is 6.53. The van der Waals surface area contributed by atoms with Gasteiger partial charge in [0.05, 0.1) is 10.6 Å². The van der Waals surface area contributed by atoms with Crippen molar-refractivity contribution in [3.05, 3.63) is 88.4 Å². The molecule has 2 N–H and O–H groups in total. The number of carbonyl (C=O) groups is 2. The minimum absolute atomic E-state index is 0.187. The Balaban J connectivity index is 1.57. The lowest BCUT2D eigenvalue weighted by Crippen LogP contribution is -2.43. The molecular formula is C21H16Cl2N2O3. The molecule has 28 heavy (non-hydrogen) atoms. The molecule has 0 bridgehead atoms. The molecule has 0 fully saturated rings. The molecule has 0 atom stereocenters. The Morgan fingerprint density at radius 3 is 2.32 bits per heavy atom. The molecule has 0 aromatic heterocycles. The summed E-state index contributed by atoms with van der Waals surface area (Å²) in [5.74, 6) is -0.503. The summed E-state index contributed by atoms with van der Waals surface area (Å²) in [5.41, 5.74) is 6.63. The van der Waals surface area contributed by atoms with Crippen molar-refractivity contribution in [3.8, 4) is 16.9 Å². The highest BCUT2D eigenvalue weighted by Crippen LogP contribution is 2.29. The summed E-state index contributed by atoms with van der Waals surface area (Å²) in [6, 6.07) is 21.6. The maximum Gasteiger partial charge on any atom is 0.276 e. The number of hydrogen-bond donors (Lipinski definition) is 2. The first-order chi connectivity index (χ1) is 13.5. The van der Waals surface area contributed by atoms with E-state index in [9.17, 15) is 9.59 Å². The van der Waals surface area contributed by atoms with Gasteiger partial charge >= 0.3 is 0 Å². The number of hydrogen-bond acceptors (Lipinski definition) is 3. The van der Waals surface area contributed by atoms with Gasteiger partial charge in [-0.05, 0) is 29.8 Å². The van der Waals surface area contributed by atoms with Crippen molar-refractivity contribution in [1.29, 1.82) is 0 Å². The monoisotopic (exact) mass is 414 g/mol. The summed E-state index contributed by atoms with van der Waals surface area (Å²) in [7, 11) is 0. The van der Waals surface area contributed by atoms with E-state index in [4.69, 9.17) is 27.9 Å². The van der Waals surface area contributed by atoms with E-state index in [0.29, 0.717) is 10.8 Å². The molecule has 5 nitrogen and oxygen atoms in total. The Bertz CT molecular complexity index is 994. The van der Waals surface area contributed by atoms with E-state index in [1.165, 1.54) is 18.2 Å². The van der Waals surface area contributed by atoms with Crippen LogP contribution in [0.25, 0.3) is 11.1 Å². The summed E-state index contributed by atoms with van der Waals surface area (Å²) < 4.78 is 5.62. The highest BCUT2D eigenvalue weighted by atomic mass is 35.5. The fraction of sp³-hybridized carbons (Fsp3) is 0.0476. The van der Waals surface area contributed by atoms with Crippen LogP contribution in [0.5, 0.6) is 5.75 Å². The van der Waals surface area contributed by atoms with Crippen molar-refractivity contribution in [2.75, 3.05) is 6.61 Å². The highest BCUT2D eigenvalue weighted by molar-refractivity contribution is 6.36. The maximum absolute atomic E-state index is 12.1. The fourth-order valence-electron chi connectivity index (χ4n) is 2.50. The first kappa shape index (κ1) is 19.7. The zero-order chi connectivity index (χ0) is 19.9. The van der Waals surface area contributed by atoms with Crippen LogP contribution < -0.4 is 15.6 Å². The van der Waals surface area contributed by atoms with Crippen LogP contribution in [-0.2, 0) is 4.79 Å². The molecule has 2 amide bonds. The van der Waals surface area contributed by atoms with Crippen LogP contribution in [0.1, 0.15) is 10.4 Å². The third-order valence-electron chi connectivity index (χ3n) is 3.82. The van der Waals surface area contributed by atoms with Crippen LogP contribution in [0.4, 0.5) is 0 Å². The molecule has 3 aromatic rings. The quantitative estimate of drug-likeness (QED) is 0.603. The van der Waals surface area contributed by atoms with Gasteiger partial charge in [-0.2, -0.15) is 0 Å². The third-order valence-corrected chi connectivity index (χ3v) is 4.37. The first-order valence-corrected chi connectivity index (χ1v) is 9.11. The zero-order valence-electron chi connectivity index (χ0n) is 14.6. The first-order valence-electron chi connectivity index (χ1n) is 8.36. The van der Waals surface area contributed by atoms with Gasteiger partial charge in [0.25, 0.3) is 11.8 Å². The summed E-state index contributed by atoms with van der Waals surface area (Å²) in [6.07, 6.45) is 0. The molecule has 0 heterocycles. The van der Waals surface area contributed by atoms with Crippen molar-refractivity contribution >= 4 is 35.0 Å². The number of carbonyl (C=O) groups excluding carboxylic acids is 2. The molecule has 0 aliphatic carbocycles. The summed E-state index contributed by atoms with van der Waals surface area (Å²) in [6.45, 7) is -0.265. The van der Waals surface area contributed by atoms with Crippen LogP contribution in [-0.4, -0.2) is 18.4 Å². The minimum Gasteiger partial charge on any atom is -0.483 e. The molecule has 0 aliphatic rings. The fourth-order valence-corrected chi connectivity index (χ4v) is 2.99. The van der Waals surface area contributed by atoms with Crippen LogP contribution in [0.2, 0.25) is 10.0 Å². The second-order valence-corrected chi connectivity index (χ2v) is 6.62. The average Bonchev–Trinajstić information content (AvgIpc) is 2.71. The molecule has 0 radical (unpaired) electrons. The van der Waals surface area contributed by atoms with Gasteiger partial charge in [-0.15, -0.1) is 0 Å². The predicted molar refractivity (Wildman–Crippen MR) is 109 cm³/mol. The molecule has 0 aliphatic heterocycles. The van der Waals surface area contributed by atoms with Crippen LogP contribution >= 0.6 is 23.2 Å². The van der Waals surface area contributed by atoms with E-state index >= 15 is 0 Å². The van der Waals surface area contributed by atoms with Gasteiger partial charge in [-0.1, -0.05) is 71.7 Å². The normalized spacial score (nSPS) is 10.2. The Morgan fingerprint density at radius 2 is 1.57 bits per heavy atom. The predicted octanol–water partition coefficient (Wildman–Crippen LogP) is 4.50. The molecule has 3 rings (SSSR count). The molecule has 3 aromatic carbocycles. The number of para-hydroxylation sites is 1. The van der Waals surface area contributed by atoms with Crippen LogP contribution in [0, 0.1) is 0 Å². The van der Waals surface area contributed by atoms with E-state index in [1.54, 1.807) is 6.07 Å². The van der Waals surface area contributed by atoms with E-state index in [-0.39, 0.29) is 17.2 Å². The number of nitrogens with one attached hydrogen (secondary N) is 2. The lowest BCUT2D eigenvalue weighted by Gasteiger charge is -2.12. The number of halogens is 2. The van der Waals surface area contributed by atoms with E-state index in [2.05, 4.69) is 10.9 Å². The van der Waals surface area contributed by atoms with Crippen molar-refractivity contribution in [2.45, 2.75) is 0 Å². The minimum atomic E-state index is -0.556. The summed E-state index contributed by atoms with van der Waals surface area (Å²) >= 11 is 11.8. The largest absolute Gasteiger partial charge is 0.483 e. The van der Waals surface area contributed by atoms with Crippen LogP contribution in [0.3, 0.4) is 0 Å². The Morgan fingerprint density at radius 1 is 0.857 bits per heavy atom. The van der Waals surface area contributed by atoms with Gasteiger partial charge in [0.2, 0.25) is 0 Å². The van der Waals surface area contributed by atoms with E-state index < -0.39 is 11.8 Å². The second kappa shape index (κ2) is 9.26. The SMILES string of the molecule is O=C(COc1ccccc1-c1ccccc1)NNC(=O)c1ccc(Cl)cc1Cl. The number of amides is 2. The third kappa shape index (κ3) is 5.03.